The predicted molar refractivity (Wildman–Crippen MR) is 112 cm³/mol. The van der Waals surface area contributed by atoms with Gasteiger partial charge >= 0.3 is 0 Å². The molecular weight excluding hydrogens is 471 g/mol. The van der Waals surface area contributed by atoms with Crippen LogP contribution in [0.1, 0.15) is 26.0 Å². The van der Waals surface area contributed by atoms with Crippen LogP contribution >= 0.6 is 39.9 Å². The number of nitrogens with zero attached hydrogens (tertiary/aromatic N) is 3. The normalized spacial score (nSPS) is 11.5. The first-order valence-electron chi connectivity index (χ1n) is 7.74. The molecule has 0 bridgehead atoms. The van der Waals surface area contributed by atoms with Crippen molar-refractivity contribution in [1.82, 2.24) is 14.8 Å². The fourth-order valence-electron chi connectivity index (χ4n) is 2.12. The molecule has 0 aliphatic carbocycles. The average molecular weight is 501 g/mol. The van der Waals surface area contributed by atoms with Crippen LogP contribution in [0.5, 0.6) is 0 Å². The van der Waals surface area contributed by atoms with E-state index in [9.17, 15) is 0 Å². The summed E-state index contributed by atoms with van der Waals surface area (Å²) < 4.78 is 8.80. The smallest absolute Gasteiger partial charge is 0.193 e. The average Bonchev–Trinajstić information content (AvgIpc) is 2.75. The van der Waals surface area contributed by atoms with Gasteiger partial charge in [-0.3, -0.25) is 4.99 Å². The van der Waals surface area contributed by atoms with Crippen molar-refractivity contribution in [3.8, 4) is 0 Å². The molecule has 0 spiro atoms. The number of hydrogen-bond donors (Lipinski definition) is 1. The van der Waals surface area contributed by atoms with Gasteiger partial charge in [0, 0.05) is 57.3 Å². The Morgan fingerprint density at radius 2 is 2.17 bits per heavy atom. The fourth-order valence-corrected chi connectivity index (χ4v) is 2.69. The molecule has 1 aromatic heterocycles. The van der Waals surface area contributed by atoms with Gasteiger partial charge in [-0.1, -0.05) is 13.8 Å². The van der Waals surface area contributed by atoms with Gasteiger partial charge in [0.1, 0.15) is 0 Å². The van der Waals surface area contributed by atoms with Crippen molar-refractivity contribution in [3.63, 3.8) is 0 Å². The van der Waals surface area contributed by atoms with Gasteiger partial charge < -0.3 is 19.5 Å². The summed E-state index contributed by atoms with van der Waals surface area (Å²) in [7, 11) is 5.91. The maximum Gasteiger partial charge on any atom is 0.193 e. The number of rotatable bonds is 8. The van der Waals surface area contributed by atoms with Crippen LogP contribution in [-0.2, 0) is 18.3 Å². The van der Waals surface area contributed by atoms with E-state index in [4.69, 9.17) is 4.74 Å². The Bertz CT molecular complexity index is 477. The lowest BCUT2D eigenvalue weighted by Crippen LogP contribution is -2.39. The molecule has 0 unspecified atom stereocenters. The van der Waals surface area contributed by atoms with Crippen molar-refractivity contribution in [3.05, 3.63) is 22.4 Å². The number of nitrogens with one attached hydrogen (secondary N) is 1. The summed E-state index contributed by atoms with van der Waals surface area (Å²) in [5.41, 5.74) is 1.23. The molecule has 1 heterocycles. The number of halogens is 2. The number of aromatic nitrogens is 1. The van der Waals surface area contributed by atoms with Crippen molar-refractivity contribution >= 4 is 45.9 Å². The third kappa shape index (κ3) is 8.95. The molecular formula is C16H30BrIN4O. The van der Waals surface area contributed by atoms with Crippen LogP contribution in [0.15, 0.2) is 21.7 Å². The highest BCUT2D eigenvalue weighted by Gasteiger charge is 2.09. The van der Waals surface area contributed by atoms with Crippen LogP contribution in [0.2, 0.25) is 0 Å². The molecule has 0 aliphatic heterocycles. The predicted octanol–water partition coefficient (Wildman–Crippen LogP) is 3.48. The van der Waals surface area contributed by atoms with Gasteiger partial charge in [0.2, 0.25) is 0 Å². The quantitative estimate of drug-likeness (QED) is 0.257. The molecule has 0 atom stereocenters. The SMILES string of the molecule is CN=C(NCCCOCC(C)C)N(C)Cc1cc(Br)cn1C.I. The topological polar surface area (TPSA) is 41.8 Å². The van der Waals surface area contributed by atoms with Gasteiger partial charge in [0.05, 0.1) is 6.54 Å². The number of aryl methyl sites for hydroxylation is 1. The molecule has 0 saturated heterocycles. The molecule has 0 fully saturated rings. The maximum absolute atomic E-state index is 5.58. The summed E-state index contributed by atoms with van der Waals surface area (Å²) in [5, 5.41) is 3.38. The molecule has 1 N–H and O–H groups in total. The number of hydrogen-bond acceptors (Lipinski definition) is 2. The van der Waals surface area contributed by atoms with Gasteiger partial charge in [-0.15, -0.1) is 24.0 Å². The third-order valence-corrected chi connectivity index (χ3v) is 3.68. The van der Waals surface area contributed by atoms with Crippen molar-refractivity contribution in [2.75, 3.05) is 33.9 Å². The molecule has 23 heavy (non-hydrogen) atoms. The number of ether oxygens (including phenoxy) is 1. The summed E-state index contributed by atoms with van der Waals surface area (Å²) >= 11 is 3.50. The molecule has 1 rings (SSSR count). The van der Waals surface area contributed by atoms with Gasteiger partial charge in [-0.25, -0.2) is 0 Å². The van der Waals surface area contributed by atoms with E-state index in [1.807, 2.05) is 14.1 Å². The number of guanidine groups is 1. The molecule has 0 amide bonds. The summed E-state index contributed by atoms with van der Waals surface area (Å²) in [6.07, 6.45) is 3.04. The van der Waals surface area contributed by atoms with E-state index in [2.05, 4.69) is 68.9 Å². The van der Waals surface area contributed by atoms with E-state index >= 15 is 0 Å². The lowest BCUT2D eigenvalue weighted by atomic mass is 10.2. The zero-order valence-corrected chi connectivity index (χ0v) is 18.7. The van der Waals surface area contributed by atoms with E-state index in [0.717, 1.165) is 43.2 Å². The molecule has 0 saturated carbocycles. The van der Waals surface area contributed by atoms with Gasteiger partial charge in [0.15, 0.2) is 5.96 Å². The zero-order valence-electron chi connectivity index (χ0n) is 14.8. The first kappa shape index (κ1) is 22.7. The Hall–Kier alpha value is -0.280. The van der Waals surface area contributed by atoms with Crippen molar-refractivity contribution < 1.29 is 4.74 Å². The monoisotopic (exact) mass is 500 g/mol. The fraction of sp³-hybridized carbons (Fsp3) is 0.688. The standard InChI is InChI=1S/C16H29BrN4O.HI/c1-13(2)12-22-8-6-7-19-16(18-3)21(5)11-15-9-14(17)10-20(15)4;/h9-10,13H,6-8,11-12H2,1-5H3,(H,18,19);1H. The highest BCUT2D eigenvalue weighted by molar-refractivity contribution is 14.0. The minimum Gasteiger partial charge on any atom is -0.381 e. The lowest BCUT2D eigenvalue weighted by molar-refractivity contribution is 0.108. The lowest BCUT2D eigenvalue weighted by Gasteiger charge is -2.22. The Morgan fingerprint density at radius 1 is 1.48 bits per heavy atom. The molecule has 5 nitrogen and oxygen atoms in total. The van der Waals surface area contributed by atoms with E-state index < -0.39 is 0 Å². The van der Waals surface area contributed by atoms with Crippen LogP contribution in [0.4, 0.5) is 0 Å². The van der Waals surface area contributed by atoms with Crippen LogP contribution in [-0.4, -0.2) is 49.3 Å². The van der Waals surface area contributed by atoms with Gasteiger partial charge in [-0.2, -0.15) is 0 Å². The summed E-state index contributed by atoms with van der Waals surface area (Å²) in [6, 6.07) is 2.13. The van der Waals surface area contributed by atoms with E-state index in [0.29, 0.717) is 5.92 Å². The van der Waals surface area contributed by atoms with E-state index in [1.165, 1.54) is 5.69 Å². The van der Waals surface area contributed by atoms with Gasteiger partial charge in [0.25, 0.3) is 0 Å². The minimum absolute atomic E-state index is 0. The Labute approximate surface area is 166 Å². The van der Waals surface area contributed by atoms with Crippen molar-refractivity contribution in [1.29, 1.82) is 0 Å². The van der Waals surface area contributed by atoms with Crippen LogP contribution < -0.4 is 5.32 Å². The van der Waals surface area contributed by atoms with E-state index in [1.54, 1.807) is 0 Å². The summed E-state index contributed by atoms with van der Waals surface area (Å²) in [6.45, 7) is 7.62. The zero-order chi connectivity index (χ0) is 16.5. The maximum atomic E-state index is 5.58. The van der Waals surface area contributed by atoms with Gasteiger partial charge in [-0.05, 0) is 34.3 Å². The first-order chi connectivity index (χ1) is 10.4. The second-order valence-electron chi connectivity index (χ2n) is 5.91. The van der Waals surface area contributed by atoms with Crippen LogP contribution in [0.3, 0.4) is 0 Å². The highest BCUT2D eigenvalue weighted by Crippen LogP contribution is 2.14. The minimum atomic E-state index is 0. The summed E-state index contributed by atoms with van der Waals surface area (Å²) in [4.78, 5) is 6.46. The molecule has 0 aromatic carbocycles. The largest absolute Gasteiger partial charge is 0.381 e. The van der Waals surface area contributed by atoms with Crippen LogP contribution in [0, 0.1) is 5.92 Å². The first-order valence-corrected chi connectivity index (χ1v) is 8.53. The Kier molecular flexibility index (Phi) is 12.0. The second kappa shape index (κ2) is 12.1. The Balaban J connectivity index is 0.00000484. The second-order valence-corrected chi connectivity index (χ2v) is 6.83. The highest BCUT2D eigenvalue weighted by atomic mass is 127. The molecule has 134 valence electrons. The number of aliphatic imine (C=N–C) groups is 1. The molecule has 0 radical (unpaired) electrons. The molecule has 7 heteroatoms. The molecule has 1 aromatic rings. The summed E-state index contributed by atoms with van der Waals surface area (Å²) in [5.74, 6) is 1.50. The third-order valence-electron chi connectivity index (χ3n) is 3.25. The van der Waals surface area contributed by atoms with Crippen molar-refractivity contribution in [2.24, 2.45) is 18.0 Å². The van der Waals surface area contributed by atoms with E-state index in [-0.39, 0.29) is 24.0 Å². The Morgan fingerprint density at radius 3 is 2.70 bits per heavy atom. The van der Waals surface area contributed by atoms with Crippen LogP contribution in [0.25, 0.3) is 0 Å². The van der Waals surface area contributed by atoms with Crippen molar-refractivity contribution in [2.45, 2.75) is 26.8 Å². The molecule has 0 aliphatic rings.